The fourth-order valence-corrected chi connectivity index (χ4v) is 5.10. The van der Waals surface area contributed by atoms with Gasteiger partial charge in [-0.25, -0.2) is 14.8 Å². The molecule has 0 unspecified atom stereocenters. The predicted octanol–water partition coefficient (Wildman–Crippen LogP) is 6.60. The number of halogens is 1. The third-order valence-electron chi connectivity index (χ3n) is 5.82. The van der Waals surface area contributed by atoms with Crippen molar-refractivity contribution in [1.29, 1.82) is 0 Å². The van der Waals surface area contributed by atoms with Crippen LogP contribution in [0.15, 0.2) is 82.6 Å². The number of nitrogens with zero attached hydrogens (tertiary/aromatic N) is 2. The number of hydrogen-bond donors (Lipinski definition) is 1. The maximum absolute atomic E-state index is 13.1. The van der Waals surface area contributed by atoms with Crippen molar-refractivity contribution >= 4 is 55.2 Å². The fraction of sp³-hybridized carbons (Fsp3) is 0.103. The van der Waals surface area contributed by atoms with Gasteiger partial charge in [-0.2, -0.15) is 0 Å². The first kappa shape index (κ1) is 26.3. The number of fused-ring (bicyclic) bond motifs is 1. The SMILES string of the molecule is COc1ccc(-c2csc(NC(=O)COC(=O)c3cc(-c4cccc(Br)c4)nc4ccccc34)n2)cc1OC. The summed E-state index contributed by atoms with van der Waals surface area (Å²) in [5, 5.41) is 5.52. The molecule has 2 aromatic heterocycles. The summed E-state index contributed by atoms with van der Waals surface area (Å²) in [4.78, 5) is 34.9. The maximum Gasteiger partial charge on any atom is 0.339 e. The number of ether oxygens (including phenoxy) is 3. The van der Waals surface area contributed by atoms with Gasteiger partial charge in [0, 0.05) is 26.4 Å². The molecule has 0 saturated carbocycles. The van der Waals surface area contributed by atoms with Gasteiger partial charge < -0.3 is 14.2 Å². The van der Waals surface area contributed by atoms with Crippen LogP contribution in [0.1, 0.15) is 10.4 Å². The molecule has 3 aromatic carbocycles. The van der Waals surface area contributed by atoms with E-state index in [0.717, 1.165) is 15.6 Å². The molecular formula is C29H22BrN3O5S. The van der Waals surface area contributed by atoms with E-state index in [2.05, 4.69) is 26.2 Å². The Bertz CT molecular complexity index is 1690. The molecule has 196 valence electrons. The molecule has 0 fully saturated rings. The van der Waals surface area contributed by atoms with Gasteiger partial charge in [0.05, 0.1) is 36.7 Å². The van der Waals surface area contributed by atoms with Crippen LogP contribution in [0.4, 0.5) is 5.13 Å². The highest BCUT2D eigenvalue weighted by Crippen LogP contribution is 2.33. The summed E-state index contributed by atoms with van der Waals surface area (Å²) in [6.45, 7) is -0.465. The Balaban J connectivity index is 1.29. The number of benzene rings is 3. The smallest absolute Gasteiger partial charge is 0.339 e. The minimum absolute atomic E-state index is 0.327. The Morgan fingerprint density at radius 3 is 2.46 bits per heavy atom. The molecule has 0 spiro atoms. The van der Waals surface area contributed by atoms with Gasteiger partial charge in [0.15, 0.2) is 23.2 Å². The number of esters is 1. The second-order valence-corrected chi connectivity index (χ2v) is 10.1. The Morgan fingerprint density at radius 1 is 0.872 bits per heavy atom. The normalized spacial score (nSPS) is 10.7. The van der Waals surface area contributed by atoms with Crippen LogP contribution in [-0.4, -0.2) is 42.7 Å². The first-order chi connectivity index (χ1) is 18.9. The number of rotatable bonds is 8. The van der Waals surface area contributed by atoms with E-state index in [0.29, 0.717) is 44.5 Å². The topological polar surface area (TPSA) is 99.6 Å². The Kier molecular flexibility index (Phi) is 7.85. The van der Waals surface area contributed by atoms with Crippen LogP contribution in [0.25, 0.3) is 33.4 Å². The number of para-hydroxylation sites is 1. The molecule has 8 nitrogen and oxygen atoms in total. The van der Waals surface area contributed by atoms with Gasteiger partial charge in [0.1, 0.15) is 0 Å². The van der Waals surface area contributed by atoms with Crippen LogP contribution in [-0.2, 0) is 9.53 Å². The zero-order chi connectivity index (χ0) is 27.4. The number of amides is 1. The van der Waals surface area contributed by atoms with Crippen LogP contribution >= 0.6 is 27.3 Å². The molecule has 39 heavy (non-hydrogen) atoms. The molecule has 2 heterocycles. The quantitative estimate of drug-likeness (QED) is 0.199. The minimum Gasteiger partial charge on any atom is -0.493 e. The van der Waals surface area contributed by atoms with Crippen molar-refractivity contribution in [3.05, 3.63) is 88.2 Å². The van der Waals surface area contributed by atoms with Crippen molar-refractivity contribution in [2.24, 2.45) is 0 Å². The highest BCUT2D eigenvalue weighted by molar-refractivity contribution is 9.10. The second-order valence-electron chi connectivity index (χ2n) is 8.31. The van der Waals surface area contributed by atoms with E-state index in [1.54, 1.807) is 32.4 Å². The van der Waals surface area contributed by atoms with Crippen LogP contribution in [0, 0.1) is 0 Å². The van der Waals surface area contributed by atoms with Crippen molar-refractivity contribution < 1.29 is 23.8 Å². The highest BCUT2D eigenvalue weighted by atomic mass is 79.9. The molecule has 0 atom stereocenters. The molecule has 1 N–H and O–H groups in total. The molecule has 0 aliphatic rings. The van der Waals surface area contributed by atoms with E-state index < -0.39 is 18.5 Å². The molecule has 0 radical (unpaired) electrons. The van der Waals surface area contributed by atoms with Gasteiger partial charge in [0.25, 0.3) is 5.91 Å². The molecule has 5 aromatic rings. The Labute approximate surface area is 236 Å². The van der Waals surface area contributed by atoms with E-state index in [1.165, 1.54) is 11.3 Å². The summed E-state index contributed by atoms with van der Waals surface area (Å²) in [5.41, 5.74) is 3.91. The lowest BCUT2D eigenvalue weighted by Crippen LogP contribution is -2.21. The number of hydrogen-bond acceptors (Lipinski definition) is 8. The average molecular weight is 604 g/mol. The molecule has 5 rings (SSSR count). The number of thiazole rings is 1. The highest BCUT2D eigenvalue weighted by Gasteiger charge is 2.18. The van der Waals surface area contributed by atoms with Crippen molar-refractivity contribution in [3.8, 4) is 34.0 Å². The van der Waals surface area contributed by atoms with Crippen LogP contribution < -0.4 is 14.8 Å². The van der Waals surface area contributed by atoms with Gasteiger partial charge >= 0.3 is 5.97 Å². The van der Waals surface area contributed by atoms with E-state index in [9.17, 15) is 9.59 Å². The molecule has 1 amide bonds. The van der Waals surface area contributed by atoms with Crippen molar-refractivity contribution in [1.82, 2.24) is 9.97 Å². The van der Waals surface area contributed by atoms with Gasteiger partial charge in [-0.15, -0.1) is 11.3 Å². The van der Waals surface area contributed by atoms with Gasteiger partial charge in [-0.3, -0.25) is 10.1 Å². The van der Waals surface area contributed by atoms with Gasteiger partial charge in [0.2, 0.25) is 0 Å². The van der Waals surface area contributed by atoms with E-state index in [1.807, 2.05) is 60.0 Å². The number of aromatic nitrogens is 2. The summed E-state index contributed by atoms with van der Waals surface area (Å²) >= 11 is 4.73. The molecule has 0 bridgehead atoms. The van der Waals surface area contributed by atoms with Gasteiger partial charge in [-0.1, -0.05) is 46.3 Å². The number of pyridine rings is 1. The first-order valence-corrected chi connectivity index (χ1v) is 13.4. The fourth-order valence-electron chi connectivity index (χ4n) is 3.96. The summed E-state index contributed by atoms with van der Waals surface area (Å²) in [6, 6.07) is 22.1. The van der Waals surface area contributed by atoms with Crippen molar-refractivity contribution in [3.63, 3.8) is 0 Å². The molecule has 0 saturated heterocycles. The lowest BCUT2D eigenvalue weighted by Gasteiger charge is -2.10. The largest absolute Gasteiger partial charge is 0.493 e. The van der Waals surface area contributed by atoms with Crippen LogP contribution in [0.2, 0.25) is 0 Å². The van der Waals surface area contributed by atoms with E-state index in [-0.39, 0.29) is 0 Å². The number of carbonyl (C=O) groups is 2. The number of nitrogens with one attached hydrogen (secondary N) is 1. The number of anilines is 1. The second kappa shape index (κ2) is 11.6. The Hall–Kier alpha value is -4.28. The third-order valence-corrected chi connectivity index (χ3v) is 7.07. The zero-order valence-electron chi connectivity index (χ0n) is 20.9. The number of carbonyl (C=O) groups excluding carboxylic acids is 2. The Morgan fingerprint density at radius 2 is 1.67 bits per heavy atom. The minimum atomic E-state index is -0.620. The lowest BCUT2D eigenvalue weighted by atomic mass is 10.0. The monoisotopic (exact) mass is 603 g/mol. The third kappa shape index (κ3) is 5.92. The van der Waals surface area contributed by atoms with E-state index >= 15 is 0 Å². The number of methoxy groups -OCH3 is 2. The van der Waals surface area contributed by atoms with Crippen LogP contribution in [0.5, 0.6) is 11.5 Å². The predicted molar refractivity (Wildman–Crippen MR) is 154 cm³/mol. The lowest BCUT2D eigenvalue weighted by molar-refractivity contribution is -0.119. The molecule has 0 aliphatic heterocycles. The van der Waals surface area contributed by atoms with E-state index in [4.69, 9.17) is 19.2 Å². The summed E-state index contributed by atoms with van der Waals surface area (Å²) < 4.78 is 16.9. The van der Waals surface area contributed by atoms with Crippen molar-refractivity contribution in [2.45, 2.75) is 0 Å². The standard InChI is InChI=1S/C29H22BrN3O5S/c1-36-25-11-10-18(13-26(25)37-2)24-16-39-29(32-24)33-27(34)15-38-28(35)21-14-23(17-6-5-7-19(30)12-17)31-22-9-4-3-8-20(21)22/h3-14,16H,15H2,1-2H3,(H,32,33,34). The zero-order valence-corrected chi connectivity index (χ0v) is 23.3. The van der Waals surface area contributed by atoms with Gasteiger partial charge in [-0.05, 0) is 42.5 Å². The van der Waals surface area contributed by atoms with Crippen LogP contribution in [0.3, 0.4) is 0 Å². The maximum atomic E-state index is 13.1. The summed E-state index contributed by atoms with van der Waals surface area (Å²) in [6.07, 6.45) is 0. The molecule has 0 aliphatic carbocycles. The summed E-state index contributed by atoms with van der Waals surface area (Å²) in [7, 11) is 3.13. The average Bonchev–Trinajstić information content (AvgIpc) is 3.43. The molecule has 10 heteroatoms. The first-order valence-electron chi connectivity index (χ1n) is 11.8. The molecular weight excluding hydrogens is 582 g/mol. The summed E-state index contributed by atoms with van der Waals surface area (Å²) in [5.74, 6) is 0.0667. The van der Waals surface area contributed by atoms with Crippen molar-refractivity contribution in [2.75, 3.05) is 26.1 Å².